The molecule has 0 spiro atoms. The van der Waals surface area contributed by atoms with Gasteiger partial charge in [0.1, 0.15) is 17.1 Å². The van der Waals surface area contributed by atoms with E-state index in [0.717, 1.165) is 5.56 Å². The van der Waals surface area contributed by atoms with Gasteiger partial charge in [-0.15, -0.1) is 0 Å². The van der Waals surface area contributed by atoms with Crippen LogP contribution < -0.4 is 15.5 Å². The Morgan fingerprint density at radius 3 is 2.69 bits per heavy atom. The number of hydrogen-bond donors (Lipinski definition) is 1. The summed E-state index contributed by atoms with van der Waals surface area (Å²) in [4.78, 5) is 28.6. The molecule has 2 aromatic heterocycles. The highest BCUT2D eigenvalue weighted by Gasteiger charge is 2.12. The molecule has 4 aromatic rings. The fourth-order valence-electron chi connectivity index (χ4n) is 2.72. The Morgan fingerprint density at radius 2 is 1.86 bits per heavy atom. The maximum Gasteiger partial charge on any atom is 0.287 e. The third-order valence-electron chi connectivity index (χ3n) is 4.15. The lowest BCUT2D eigenvalue weighted by atomic mass is 10.2. The number of carbonyl (C=O) groups is 1. The van der Waals surface area contributed by atoms with Crippen molar-refractivity contribution in [3.8, 4) is 11.6 Å². The van der Waals surface area contributed by atoms with Crippen LogP contribution in [0.15, 0.2) is 82.1 Å². The second kappa shape index (κ2) is 7.93. The van der Waals surface area contributed by atoms with Crippen molar-refractivity contribution >= 4 is 16.9 Å². The van der Waals surface area contributed by atoms with Gasteiger partial charge in [-0.2, -0.15) is 0 Å². The third kappa shape index (κ3) is 4.30. The van der Waals surface area contributed by atoms with Crippen LogP contribution in [0.4, 0.5) is 4.39 Å². The van der Waals surface area contributed by atoms with Gasteiger partial charge in [-0.25, -0.2) is 9.37 Å². The van der Waals surface area contributed by atoms with Gasteiger partial charge in [0, 0.05) is 24.9 Å². The number of rotatable bonds is 5. The minimum Gasteiger partial charge on any atom is -0.451 e. The lowest BCUT2D eigenvalue weighted by molar-refractivity contribution is 0.0923. The number of pyridine rings is 1. The van der Waals surface area contributed by atoms with Gasteiger partial charge in [0.25, 0.3) is 5.91 Å². The molecule has 0 saturated heterocycles. The normalized spacial score (nSPS) is 10.7. The lowest BCUT2D eigenvalue weighted by Crippen LogP contribution is -2.24. The highest BCUT2D eigenvalue weighted by Crippen LogP contribution is 2.20. The van der Waals surface area contributed by atoms with E-state index >= 15 is 0 Å². The van der Waals surface area contributed by atoms with Crippen LogP contribution in [0, 0.1) is 5.82 Å². The van der Waals surface area contributed by atoms with E-state index in [1.165, 1.54) is 36.5 Å². The molecule has 29 heavy (non-hydrogen) atoms. The average molecular weight is 390 g/mol. The van der Waals surface area contributed by atoms with Gasteiger partial charge in [-0.1, -0.05) is 12.1 Å². The van der Waals surface area contributed by atoms with E-state index in [0.29, 0.717) is 22.6 Å². The number of hydrogen-bond acceptors (Lipinski definition) is 5. The van der Waals surface area contributed by atoms with E-state index in [2.05, 4.69) is 10.3 Å². The predicted octanol–water partition coefficient (Wildman–Crippen LogP) is 4.05. The van der Waals surface area contributed by atoms with E-state index in [9.17, 15) is 14.0 Å². The summed E-state index contributed by atoms with van der Waals surface area (Å²) in [6, 6.07) is 16.8. The quantitative estimate of drug-likeness (QED) is 0.556. The Hall–Kier alpha value is -4.00. The molecule has 0 aliphatic heterocycles. The fraction of sp³-hybridized carbons (Fsp3) is 0.0455. The zero-order chi connectivity index (χ0) is 20.2. The van der Waals surface area contributed by atoms with Gasteiger partial charge in [0.05, 0.1) is 5.39 Å². The molecule has 2 aromatic carbocycles. The Kier molecular flexibility index (Phi) is 5.03. The van der Waals surface area contributed by atoms with Gasteiger partial charge in [0.2, 0.25) is 5.88 Å². The summed E-state index contributed by atoms with van der Waals surface area (Å²) in [6.07, 6.45) is 1.54. The van der Waals surface area contributed by atoms with Crippen molar-refractivity contribution in [3.05, 3.63) is 100 Å². The second-order valence-electron chi connectivity index (χ2n) is 6.21. The summed E-state index contributed by atoms with van der Waals surface area (Å²) < 4.78 is 24.1. The molecule has 1 N–H and O–H groups in total. The average Bonchev–Trinajstić information content (AvgIpc) is 2.74. The zero-order valence-electron chi connectivity index (χ0n) is 15.1. The number of nitrogens with one attached hydrogen (secondary N) is 1. The van der Waals surface area contributed by atoms with Gasteiger partial charge >= 0.3 is 0 Å². The number of amides is 1. The molecule has 0 bridgehead atoms. The topological polar surface area (TPSA) is 81.4 Å². The van der Waals surface area contributed by atoms with Crippen molar-refractivity contribution < 1.29 is 18.3 Å². The Labute approximate surface area is 164 Å². The second-order valence-corrected chi connectivity index (χ2v) is 6.21. The molecule has 4 rings (SSSR count). The highest BCUT2D eigenvalue weighted by molar-refractivity contribution is 5.93. The first kappa shape index (κ1) is 18.4. The summed E-state index contributed by atoms with van der Waals surface area (Å²) in [5, 5.41) is 3.12. The molecular formula is C22H15FN2O4. The summed E-state index contributed by atoms with van der Waals surface area (Å²) in [7, 11) is 0. The molecule has 144 valence electrons. The van der Waals surface area contributed by atoms with Gasteiger partial charge < -0.3 is 14.5 Å². The van der Waals surface area contributed by atoms with E-state index in [1.54, 1.807) is 36.4 Å². The number of aromatic nitrogens is 1. The van der Waals surface area contributed by atoms with Gasteiger partial charge in [-0.3, -0.25) is 9.59 Å². The molecule has 0 unspecified atom stereocenters. The molecular weight excluding hydrogens is 375 g/mol. The SMILES string of the molecule is O=C(NCc1ccnc(Oc2ccc(F)cc2)c1)c1cc(=O)c2ccccc2o1. The Morgan fingerprint density at radius 1 is 1.07 bits per heavy atom. The minimum atomic E-state index is -0.509. The van der Waals surface area contributed by atoms with Crippen LogP contribution in [0.25, 0.3) is 11.0 Å². The van der Waals surface area contributed by atoms with Gasteiger partial charge in [0.15, 0.2) is 11.2 Å². The van der Waals surface area contributed by atoms with E-state index in [4.69, 9.17) is 9.15 Å². The number of para-hydroxylation sites is 1. The largest absolute Gasteiger partial charge is 0.451 e. The molecule has 6 nitrogen and oxygen atoms in total. The Balaban J connectivity index is 1.45. The number of halogens is 1. The van der Waals surface area contributed by atoms with E-state index < -0.39 is 5.91 Å². The summed E-state index contributed by atoms with van der Waals surface area (Å²) in [5.74, 6) is -0.183. The van der Waals surface area contributed by atoms with Crippen LogP contribution in [0.2, 0.25) is 0 Å². The molecule has 2 heterocycles. The lowest BCUT2D eigenvalue weighted by Gasteiger charge is -2.08. The molecule has 7 heteroatoms. The summed E-state index contributed by atoms with van der Waals surface area (Å²) in [5.41, 5.74) is 0.800. The number of nitrogens with zero attached hydrogens (tertiary/aromatic N) is 1. The standard InChI is InChI=1S/C22H15FN2O4/c23-15-5-7-16(8-6-15)28-21-11-14(9-10-24-21)13-25-22(27)20-12-18(26)17-3-1-2-4-19(17)29-20/h1-12H,13H2,(H,25,27). The van der Waals surface area contributed by atoms with Crippen LogP contribution >= 0.6 is 0 Å². The third-order valence-corrected chi connectivity index (χ3v) is 4.15. The molecule has 0 aliphatic carbocycles. The number of carbonyl (C=O) groups excluding carboxylic acids is 1. The van der Waals surface area contributed by atoms with Crippen molar-refractivity contribution in [1.82, 2.24) is 10.3 Å². The van der Waals surface area contributed by atoms with E-state index in [1.807, 2.05) is 0 Å². The molecule has 0 aliphatic rings. The van der Waals surface area contributed by atoms with Crippen LogP contribution in [0.5, 0.6) is 11.6 Å². The first-order valence-electron chi connectivity index (χ1n) is 8.78. The van der Waals surface area contributed by atoms with Crippen LogP contribution in [-0.4, -0.2) is 10.9 Å². The van der Waals surface area contributed by atoms with Crippen molar-refractivity contribution in [2.75, 3.05) is 0 Å². The Bertz CT molecular complexity index is 1240. The van der Waals surface area contributed by atoms with Gasteiger partial charge in [-0.05, 0) is 48.0 Å². The molecule has 0 fully saturated rings. The highest BCUT2D eigenvalue weighted by atomic mass is 19.1. The maximum atomic E-state index is 13.0. The van der Waals surface area contributed by atoms with Crippen LogP contribution in [-0.2, 0) is 6.54 Å². The van der Waals surface area contributed by atoms with Crippen molar-refractivity contribution in [3.63, 3.8) is 0 Å². The predicted molar refractivity (Wildman–Crippen MR) is 104 cm³/mol. The monoisotopic (exact) mass is 390 g/mol. The molecule has 0 radical (unpaired) electrons. The zero-order valence-corrected chi connectivity index (χ0v) is 15.1. The van der Waals surface area contributed by atoms with Crippen molar-refractivity contribution in [2.45, 2.75) is 6.54 Å². The molecule has 0 saturated carbocycles. The van der Waals surface area contributed by atoms with Crippen molar-refractivity contribution in [1.29, 1.82) is 0 Å². The molecule has 0 atom stereocenters. The number of benzene rings is 2. The smallest absolute Gasteiger partial charge is 0.287 e. The summed E-state index contributed by atoms with van der Waals surface area (Å²) in [6.45, 7) is 0.178. The number of fused-ring (bicyclic) bond motifs is 1. The van der Waals surface area contributed by atoms with E-state index in [-0.39, 0.29) is 23.6 Å². The maximum absolute atomic E-state index is 13.0. The van der Waals surface area contributed by atoms with Crippen LogP contribution in [0.3, 0.4) is 0 Å². The van der Waals surface area contributed by atoms with Crippen LogP contribution in [0.1, 0.15) is 16.1 Å². The first-order chi connectivity index (χ1) is 14.1. The molecule has 1 amide bonds. The number of ether oxygens (including phenoxy) is 1. The van der Waals surface area contributed by atoms with Crippen molar-refractivity contribution in [2.24, 2.45) is 0 Å². The fourth-order valence-corrected chi connectivity index (χ4v) is 2.72. The minimum absolute atomic E-state index is 0.0643. The first-order valence-corrected chi connectivity index (χ1v) is 8.78. The summed E-state index contributed by atoms with van der Waals surface area (Å²) >= 11 is 0.